The summed E-state index contributed by atoms with van der Waals surface area (Å²) in [6.45, 7) is 7.27. The van der Waals surface area contributed by atoms with E-state index in [2.05, 4.69) is 10.3 Å². The second kappa shape index (κ2) is 7.86. The lowest BCUT2D eigenvalue weighted by Gasteiger charge is -2.26. The number of aryl methyl sites for hydroxylation is 3. The number of H-pyrrole nitrogens is 1. The molecule has 1 amide bonds. The Morgan fingerprint density at radius 3 is 2.53 bits per heavy atom. The van der Waals surface area contributed by atoms with Crippen LogP contribution in [0.4, 0.5) is 5.69 Å². The molecule has 4 rings (SSSR count). The molecule has 0 aliphatic carbocycles. The molecule has 2 heterocycles. The van der Waals surface area contributed by atoms with Crippen LogP contribution in [0, 0.1) is 20.8 Å². The topological polar surface area (TPSA) is 91.5 Å². The van der Waals surface area contributed by atoms with Crippen molar-refractivity contribution in [2.24, 2.45) is 0 Å². The monoisotopic (exact) mass is 427 g/mol. The zero-order chi connectivity index (χ0) is 21.5. The van der Waals surface area contributed by atoms with Crippen LogP contribution < -0.4 is 5.32 Å². The van der Waals surface area contributed by atoms with Crippen molar-refractivity contribution in [1.82, 2.24) is 9.29 Å². The molecule has 158 valence electrons. The number of nitrogens with one attached hydrogen (secondary N) is 2. The van der Waals surface area contributed by atoms with E-state index >= 15 is 0 Å². The smallest absolute Gasteiger partial charge is 0.255 e. The van der Waals surface area contributed by atoms with E-state index in [0.717, 1.165) is 27.7 Å². The van der Waals surface area contributed by atoms with Crippen molar-refractivity contribution < 1.29 is 17.9 Å². The lowest BCUT2D eigenvalue weighted by Crippen LogP contribution is -2.40. The van der Waals surface area contributed by atoms with Gasteiger partial charge in [-0.25, -0.2) is 8.42 Å². The number of morpholine rings is 1. The van der Waals surface area contributed by atoms with E-state index in [-0.39, 0.29) is 10.8 Å². The first-order chi connectivity index (χ1) is 14.3. The van der Waals surface area contributed by atoms with Crippen LogP contribution in [-0.4, -0.2) is 49.9 Å². The molecule has 1 saturated heterocycles. The van der Waals surface area contributed by atoms with Gasteiger partial charge in [0.1, 0.15) is 0 Å². The molecule has 1 aromatic heterocycles. The summed E-state index contributed by atoms with van der Waals surface area (Å²) in [7, 11) is -3.64. The Hall–Kier alpha value is -2.68. The molecule has 0 spiro atoms. The average molecular weight is 428 g/mol. The lowest BCUT2D eigenvalue weighted by atomic mass is 10.1. The third kappa shape index (κ3) is 3.74. The Balaban J connectivity index is 1.62. The van der Waals surface area contributed by atoms with Gasteiger partial charge >= 0.3 is 0 Å². The third-order valence-corrected chi connectivity index (χ3v) is 7.53. The van der Waals surface area contributed by atoms with Crippen molar-refractivity contribution in [1.29, 1.82) is 0 Å². The first kappa shape index (κ1) is 20.6. The Bertz CT molecular complexity index is 1220. The highest BCUT2D eigenvalue weighted by Gasteiger charge is 2.27. The zero-order valence-corrected chi connectivity index (χ0v) is 18.1. The molecule has 2 N–H and O–H groups in total. The van der Waals surface area contributed by atoms with Crippen molar-refractivity contribution >= 4 is 32.5 Å². The summed E-state index contributed by atoms with van der Waals surface area (Å²) in [5, 5.41) is 3.88. The number of benzene rings is 2. The fourth-order valence-electron chi connectivity index (χ4n) is 3.63. The van der Waals surface area contributed by atoms with Crippen LogP contribution in [0.5, 0.6) is 0 Å². The average Bonchev–Trinajstić information content (AvgIpc) is 3.03. The van der Waals surface area contributed by atoms with Gasteiger partial charge in [-0.05, 0) is 62.2 Å². The summed E-state index contributed by atoms with van der Waals surface area (Å²) in [6, 6.07) is 10.3. The highest BCUT2D eigenvalue weighted by atomic mass is 32.2. The molecule has 30 heavy (non-hydrogen) atoms. The van der Waals surface area contributed by atoms with Crippen LogP contribution in [0.2, 0.25) is 0 Å². The summed E-state index contributed by atoms with van der Waals surface area (Å²) < 4.78 is 32.6. The summed E-state index contributed by atoms with van der Waals surface area (Å²) in [6.07, 6.45) is 0. The number of carbonyl (C=O) groups is 1. The predicted molar refractivity (Wildman–Crippen MR) is 116 cm³/mol. The number of nitrogens with zero attached hydrogens (tertiary/aromatic N) is 1. The van der Waals surface area contributed by atoms with Gasteiger partial charge < -0.3 is 15.0 Å². The molecule has 2 aromatic carbocycles. The van der Waals surface area contributed by atoms with Gasteiger partial charge in [0.25, 0.3) is 5.91 Å². The van der Waals surface area contributed by atoms with Crippen molar-refractivity contribution in [2.45, 2.75) is 25.7 Å². The number of hydrogen-bond donors (Lipinski definition) is 2. The van der Waals surface area contributed by atoms with Crippen LogP contribution in [-0.2, 0) is 14.8 Å². The normalized spacial score (nSPS) is 15.4. The Morgan fingerprint density at radius 1 is 1.07 bits per heavy atom. The highest BCUT2D eigenvalue weighted by Crippen LogP contribution is 2.26. The van der Waals surface area contributed by atoms with Crippen molar-refractivity contribution in [3.63, 3.8) is 0 Å². The van der Waals surface area contributed by atoms with E-state index in [9.17, 15) is 13.2 Å². The number of amides is 1. The molecular weight excluding hydrogens is 402 g/mol. The SMILES string of the molecule is Cc1ccc(S(=O)(=O)N2CCOCC2)cc1NC(=O)c1ccc2[nH]c(C)c(C)c2c1. The molecule has 7 nitrogen and oxygen atoms in total. The maximum atomic E-state index is 12.9. The highest BCUT2D eigenvalue weighted by molar-refractivity contribution is 7.89. The minimum atomic E-state index is -3.64. The standard InChI is InChI=1S/C22H25N3O4S/c1-14-4-6-18(30(27,28)25-8-10-29-11-9-25)13-21(14)24-22(26)17-5-7-20-19(12-17)15(2)16(3)23-20/h4-7,12-13,23H,8-11H2,1-3H3,(H,24,26). The molecule has 8 heteroatoms. The van der Waals surface area contributed by atoms with Gasteiger partial charge in [-0.1, -0.05) is 6.07 Å². The third-order valence-electron chi connectivity index (χ3n) is 5.64. The van der Waals surface area contributed by atoms with Crippen LogP contribution >= 0.6 is 0 Å². The second-order valence-corrected chi connectivity index (χ2v) is 9.52. The van der Waals surface area contributed by atoms with Crippen LogP contribution in [0.15, 0.2) is 41.3 Å². The summed E-state index contributed by atoms with van der Waals surface area (Å²) in [5.74, 6) is -0.279. The molecule has 1 fully saturated rings. The molecule has 3 aromatic rings. The number of carbonyl (C=O) groups excluding carboxylic acids is 1. The maximum absolute atomic E-state index is 12.9. The summed E-state index contributed by atoms with van der Waals surface area (Å²) >= 11 is 0. The van der Waals surface area contributed by atoms with Gasteiger partial charge in [-0.3, -0.25) is 4.79 Å². The van der Waals surface area contributed by atoms with Gasteiger partial charge in [0, 0.05) is 40.9 Å². The van der Waals surface area contributed by atoms with Gasteiger partial charge in [-0.15, -0.1) is 0 Å². The predicted octanol–water partition coefficient (Wildman–Crippen LogP) is 3.37. The van der Waals surface area contributed by atoms with E-state index < -0.39 is 10.0 Å². The molecule has 0 radical (unpaired) electrons. The molecule has 0 atom stereocenters. The number of aromatic amines is 1. The Kier molecular flexibility index (Phi) is 5.40. The number of anilines is 1. The van der Waals surface area contributed by atoms with E-state index in [1.54, 1.807) is 18.2 Å². The van der Waals surface area contributed by atoms with Crippen LogP contribution in [0.25, 0.3) is 10.9 Å². The minimum Gasteiger partial charge on any atom is -0.379 e. The van der Waals surface area contributed by atoms with E-state index in [0.29, 0.717) is 37.6 Å². The molecule has 0 saturated carbocycles. The first-order valence-corrected chi connectivity index (χ1v) is 11.3. The largest absolute Gasteiger partial charge is 0.379 e. The number of hydrogen-bond acceptors (Lipinski definition) is 4. The Morgan fingerprint density at radius 2 is 1.80 bits per heavy atom. The zero-order valence-electron chi connectivity index (χ0n) is 17.3. The molecule has 0 unspecified atom stereocenters. The summed E-state index contributed by atoms with van der Waals surface area (Å²) in [4.78, 5) is 16.4. The van der Waals surface area contributed by atoms with Crippen molar-refractivity contribution in [2.75, 3.05) is 31.6 Å². The van der Waals surface area contributed by atoms with Crippen LogP contribution in [0.3, 0.4) is 0 Å². The summed E-state index contributed by atoms with van der Waals surface area (Å²) in [5.41, 5.74) is 4.95. The minimum absolute atomic E-state index is 0.165. The van der Waals surface area contributed by atoms with Gasteiger partial charge in [-0.2, -0.15) is 4.31 Å². The fraction of sp³-hybridized carbons (Fsp3) is 0.318. The van der Waals surface area contributed by atoms with Gasteiger partial charge in [0.05, 0.1) is 18.1 Å². The number of fused-ring (bicyclic) bond motifs is 1. The van der Waals surface area contributed by atoms with Crippen molar-refractivity contribution in [3.05, 3.63) is 58.8 Å². The molecule has 0 bridgehead atoms. The van der Waals surface area contributed by atoms with Gasteiger partial charge in [0.2, 0.25) is 10.0 Å². The van der Waals surface area contributed by atoms with E-state index in [4.69, 9.17) is 4.74 Å². The lowest BCUT2D eigenvalue weighted by molar-refractivity contribution is 0.0730. The number of ether oxygens (including phenoxy) is 1. The quantitative estimate of drug-likeness (QED) is 0.668. The van der Waals surface area contributed by atoms with E-state index in [1.165, 1.54) is 10.4 Å². The number of aromatic nitrogens is 1. The molecule has 1 aliphatic heterocycles. The van der Waals surface area contributed by atoms with Gasteiger partial charge in [0.15, 0.2) is 0 Å². The Labute approximate surface area is 176 Å². The van der Waals surface area contributed by atoms with Crippen LogP contribution in [0.1, 0.15) is 27.2 Å². The first-order valence-electron chi connectivity index (χ1n) is 9.86. The molecule has 1 aliphatic rings. The van der Waals surface area contributed by atoms with E-state index in [1.807, 2.05) is 32.9 Å². The fourth-order valence-corrected chi connectivity index (χ4v) is 5.06. The maximum Gasteiger partial charge on any atom is 0.255 e. The van der Waals surface area contributed by atoms with Crippen molar-refractivity contribution in [3.8, 4) is 0 Å². The molecular formula is C22H25N3O4S. The number of rotatable bonds is 4. The second-order valence-electron chi connectivity index (χ2n) is 7.58. The number of sulfonamides is 1.